The van der Waals surface area contributed by atoms with E-state index < -0.39 is 17.7 Å². The third-order valence-corrected chi connectivity index (χ3v) is 5.00. The highest BCUT2D eigenvalue weighted by Crippen LogP contribution is 2.29. The second kappa shape index (κ2) is 11.6. The molecule has 35 heavy (non-hydrogen) atoms. The summed E-state index contributed by atoms with van der Waals surface area (Å²) in [5.41, 5.74) is 0.732. The first-order chi connectivity index (χ1) is 16.7. The molecule has 0 bridgehead atoms. The van der Waals surface area contributed by atoms with Crippen molar-refractivity contribution in [1.82, 2.24) is 14.8 Å². The number of benzene rings is 1. The molecule has 0 unspecified atom stereocenters. The van der Waals surface area contributed by atoms with Gasteiger partial charge in [-0.05, 0) is 56.0 Å². The fraction of sp³-hybridized carbons (Fsp3) is 0.375. The number of hydrogen-bond acceptors (Lipinski definition) is 6. The van der Waals surface area contributed by atoms with E-state index in [9.17, 15) is 18.0 Å². The van der Waals surface area contributed by atoms with Crippen LogP contribution >= 0.6 is 0 Å². The van der Waals surface area contributed by atoms with Gasteiger partial charge in [0.05, 0.1) is 25.9 Å². The average molecular weight is 493 g/mol. The van der Waals surface area contributed by atoms with Gasteiger partial charge in [0.1, 0.15) is 11.5 Å². The molecule has 11 heteroatoms. The second-order valence-electron chi connectivity index (χ2n) is 7.60. The van der Waals surface area contributed by atoms with Gasteiger partial charge in [0.15, 0.2) is 5.82 Å². The second-order valence-corrected chi connectivity index (χ2v) is 7.60. The number of rotatable bonds is 12. The Morgan fingerprint density at radius 1 is 1.11 bits per heavy atom. The van der Waals surface area contributed by atoms with Gasteiger partial charge in [-0.1, -0.05) is 0 Å². The zero-order valence-electron chi connectivity index (χ0n) is 19.3. The minimum absolute atomic E-state index is 0.00456. The summed E-state index contributed by atoms with van der Waals surface area (Å²) in [4.78, 5) is 14.7. The maximum absolute atomic E-state index is 12.8. The predicted octanol–water partition coefficient (Wildman–Crippen LogP) is 4.72. The molecule has 3 rings (SSSR count). The van der Waals surface area contributed by atoms with Crippen molar-refractivity contribution >= 4 is 5.97 Å². The fourth-order valence-electron chi connectivity index (χ4n) is 3.31. The fourth-order valence-corrected chi connectivity index (χ4v) is 3.31. The molecule has 188 valence electrons. The molecule has 0 spiro atoms. The molecule has 2 aromatic heterocycles. The van der Waals surface area contributed by atoms with Crippen LogP contribution in [0, 0.1) is 0 Å². The zero-order valence-corrected chi connectivity index (χ0v) is 19.3. The predicted molar refractivity (Wildman–Crippen MR) is 120 cm³/mol. The number of carboxylic acids is 1. The lowest BCUT2D eigenvalue weighted by Crippen LogP contribution is -2.07. The van der Waals surface area contributed by atoms with Crippen molar-refractivity contribution in [3.05, 3.63) is 59.4 Å². The van der Waals surface area contributed by atoms with Crippen LogP contribution in [0.25, 0.3) is 5.82 Å². The Morgan fingerprint density at radius 3 is 2.51 bits per heavy atom. The summed E-state index contributed by atoms with van der Waals surface area (Å²) in [7, 11) is 1.53. The Balaban J connectivity index is 1.64. The van der Waals surface area contributed by atoms with Gasteiger partial charge >= 0.3 is 12.1 Å². The van der Waals surface area contributed by atoms with Crippen LogP contribution < -0.4 is 14.2 Å². The van der Waals surface area contributed by atoms with E-state index in [4.69, 9.17) is 19.3 Å². The highest BCUT2D eigenvalue weighted by atomic mass is 19.4. The van der Waals surface area contributed by atoms with Crippen LogP contribution in [-0.2, 0) is 23.8 Å². The molecule has 0 aliphatic carbocycles. The third-order valence-electron chi connectivity index (χ3n) is 5.00. The molecular weight excluding hydrogens is 467 g/mol. The monoisotopic (exact) mass is 493 g/mol. The number of halogens is 3. The van der Waals surface area contributed by atoms with Crippen LogP contribution in [0.2, 0.25) is 0 Å². The van der Waals surface area contributed by atoms with Crippen molar-refractivity contribution in [3.63, 3.8) is 0 Å². The highest BCUT2D eigenvalue weighted by Gasteiger charge is 2.30. The van der Waals surface area contributed by atoms with Crippen LogP contribution in [-0.4, -0.2) is 46.2 Å². The number of carbonyl (C=O) groups is 1. The Labute approximate surface area is 200 Å². The summed E-state index contributed by atoms with van der Waals surface area (Å²) in [6, 6.07) is 7.49. The van der Waals surface area contributed by atoms with E-state index in [1.54, 1.807) is 24.4 Å². The van der Waals surface area contributed by atoms with Crippen LogP contribution in [0.5, 0.6) is 17.4 Å². The first kappa shape index (κ1) is 25.9. The summed E-state index contributed by atoms with van der Waals surface area (Å²) in [6.07, 6.45) is -0.501. The summed E-state index contributed by atoms with van der Waals surface area (Å²) in [6.45, 7) is 2.55. The number of hydrogen-bond donors (Lipinski definition) is 1. The number of nitrogens with zero attached hydrogens (tertiary/aromatic N) is 3. The van der Waals surface area contributed by atoms with E-state index in [2.05, 4.69) is 10.1 Å². The number of aryl methyl sites for hydroxylation is 2. The summed E-state index contributed by atoms with van der Waals surface area (Å²) in [5, 5.41) is 13.2. The van der Waals surface area contributed by atoms with Crippen LogP contribution in [0.3, 0.4) is 0 Å². The molecule has 8 nitrogen and oxygen atoms in total. The molecule has 3 aromatic rings. The van der Waals surface area contributed by atoms with E-state index in [0.717, 1.165) is 23.4 Å². The lowest BCUT2D eigenvalue weighted by Gasteiger charge is -2.10. The maximum Gasteiger partial charge on any atom is 0.417 e. The summed E-state index contributed by atoms with van der Waals surface area (Å²) < 4.78 is 56.5. The quantitative estimate of drug-likeness (QED) is 0.365. The first-order valence-electron chi connectivity index (χ1n) is 11.0. The molecule has 0 amide bonds. The highest BCUT2D eigenvalue weighted by molar-refractivity contribution is 5.67. The van der Waals surface area contributed by atoms with E-state index in [-0.39, 0.29) is 12.2 Å². The molecule has 0 radical (unpaired) electrons. The van der Waals surface area contributed by atoms with Gasteiger partial charge < -0.3 is 19.3 Å². The molecule has 2 heterocycles. The molecule has 0 aliphatic rings. The Morgan fingerprint density at radius 2 is 1.89 bits per heavy atom. The van der Waals surface area contributed by atoms with E-state index in [1.165, 1.54) is 17.9 Å². The van der Waals surface area contributed by atoms with Crippen molar-refractivity contribution in [2.75, 3.05) is 20.3 Å². The Kier molecular flexibility index (Phi) is 8.56. The number of carboxylic acid groups (broad SMARTS) is 1. The number of pyridine rings is 1. The lowest BCUT2D eigenvalue weighted by atomic mass is 10.1. The normalized spacial score (nSPS) is 11.3. The van der Waals surface area contributed by atoms with Gasteiger partial charge in [0.25, 0.3) is 0 Å². The van der Waals surface area contributed by atoms with Crippen LogP contribution in [0.4, 0.5) is 13.2 Å². The Hall–Kier alpha value is -3.76. The van der Waals surface area contributed by atoms with Crippen molar-refractivity contribution in [2.24, 2.45) is 0 Å². The van der Waals surface area contributed by atoms with Crippen molar-refractivity contribution in [1.29, 1.82) is 0 Å². The van der Waals surface area contributed by atoms with Gasteiger partial charge in [0, 0.05) is 30.4 Å². The zero-order chi connectivity index (χ0) is 25.4. The van der Waals surface area contributed by atoms with Gasteiger partial charge in [-0.2, -0.15) is 13.2 Å². The van der Waals surface area contributed by atoms with Gasteiger partial charge in [0.2, 0.25) is 5.88 Å². The lowest BCUT2D eigenvalue weighted by molar-refractivity contribution is -0.138. The average Bonchev–Trinajstić information content (AvgIpc) is 3.23. The minimum atomic E-state index is -4.46. The molecule has 0 aliphatic heterocycles. The molecule has 1 N–H and O–H groups in total. The first-order valence-corrected chi connectivity index (χ1v) is 11.0. The Bertz CT molecular complexity index is 1130. The van der Waals surface area contributed by atoms with Crippen molar-refractivity contribution < 1.29 is 37.3 Å². The molecule has 0 atom stereocenters. The van der Waals surface area contributed by atoms with Crippen LogP contribution in [0.1, 0.15) is 36.5 Å². The number of alkyl halides is 3. The van der Waals surface area contributed by atoms with Crippen molar-refractivity contribution in [2.45, 2.75) is 38.8 Å². The number of ether oxygens (including phenoxy) is 3. The topological polar surface area (TPSA) is 95.7 Å². The SMILES string of the molecule is CCOc1nn(-c2ccc(C(F)(F)F)cn2)cc1CCCOc1cc(CCC(=O)O)cc(OC)c1. The smallest absolute Gasteiger partial charge is 0.417 e. The van der Waals surface area contributed by atoms with E-state index in [1.807, 2.05) is 6.92 Å². The standard InChI is InChI=1S/C24H26F3N3O5/c1-3-34-23-17(15-30(29-23)21-8-7-18(14-28-21)24(25,26)27)5-4-10-35-20-12-16(6-9-22(31)32)11-19(13-20)33-2/h7-8,11-15H,3-6,9-10H2,1-2H3,(H,31,32). The maximum atomic E-state index is 12.8. The largest absolute Gasteiger partial charge is 0.497 e. The van der Waals surface area contributed by atoms with Gasteiger partial charge in [-0.15, -0.1) is 5.10 Å². The summed E-state index contributed by atoms with van der Waals surface area (Å²) in [5.74, 6) is 0.886. The number of methoxy groups -OCH3 is 1. The van der Waals surface area contributed by atoms with Gasteiger partial charge in [-0.3, -0.25) is 4.79 Å². The minimum Gasteiger partial charge on any atom is -0.497 e. The third kappa shape index (κ3) is 7.36. The van der Waals surface area contributed by atoms with Crippen molar-refractivity contribution in [3.8, 4) is 23.2 Å². The number of aliphatic carboxylic acids is 1. The van der Waals surface area contributed by atoms with Gasteiger partial charge in [-0.25, -0.2) is 9.67 Å². The molecule has 0 saturated carbocycles. The number of aromatic nitrogens is 3. The van der Waals surface area contributed by atoms with Crippen LogP contribution in [0.15, 0.2) is 42.7 Å². The molecule has 1 aromatic carbocycles. The summed E-state index contributed by atoms with van der Waals surface area (Å²) >= 11 is 0. The molecule has 0 saturated heterocycles. The van der Waals surface area contributed by atoms with E-state index >= 15 is 0 Å². The van der Waals surface area contributed by atoms with E-state index in [0.29, 0.717) is 49.9 Å². The molecule has 0 fully saturated rings. The molecular formula is C24H26F3N3O5.